The highest BCUT2D eigenvalue weighted by Gasteiger charge is 2.24. The lowest BCUT2D eigenvalue weighted by atomic mass is 10.1. The molecule has 3 aromatic carbocycles. The number of benzene rings is 3. The molecule has 5 aromatic rings. The molecule has 210 valence electrons. The second-order valence-electron chi connectivity index (χ2n) is 10.4. The third kappa shape index (κ3) is 6.70. The molecule has 0 bridgehead atoms. The van der Waals surface area contributed by atoms with E-state index in [-0.39, 0.29) is 12.4 Å². The van der Waals surface area contributed by atoms with Crippen LogP contribution in [0, 0.1) is 5.82 Å². The van der Waals surface area contributed by atoms with Crippen LogP contribution in [0.4, 0.5) is 15.9 Å². The number of furan rings is 1. The van der Waals surface area contributed by atoms with E-state index >= 15 is 0 Å². The first-order valence-corrected chi connectivity index (χ1v) is 16.7. The molecule has 0 unspecified atom stereocenters. The summed E-state index contributed by atoms with van der Waals surface area (Å²) in [4.78, 5) is 11.2. The van der Waals surface area contributed by atoms with Gasteiger partial charge in [0.25, 0.3) is 0 Å². The number of hydrogen-bond donors (Lipinski definition) is 1. The van der Waals surface area contributed by atoms with Gasteiger partial charge in [-0.1, -0.05) is 12.1 Å². The molecule has 2 aromatic heterocycles. The molecule has 6 rings (SSSR count). The van der Waals surface area contributed by atoms with E-state index in [1.54, 1.807) is 6.07 Å². The Morgan fingerprint density at radius 3 is 2.71 bits per heavy atom. The maximum Gasteiger partial charge on any atom is 0.141 e. The van der Waals surface area contributed by atoms with Crippen molar-refractivity contribution < 1.29 is 18.1 Å². The molecule has 0 aliphatic carbocycles. The van der Waals surface area contributed by atoms with Crippen LogP contribution >= 0.6 is 23.1 Å². The minimum atomic E-state index is -1.96. The Morgan fingerprint density at radius 1 is 1.05 bits per heavy atom. The molecule has 7 nitrogen and oxygen atoms in total. The van der Waals surface area contributed by atoms with Gasteiger partial charge < -0.3 is 19.0 Å². The van der Waals surface area contributed by atoms with Crippen LogP contribution in [-0.2, 0) is 17.7 Å². The monoisotopic (exact) mass is 634 g/mol. The summed E-state index contributed by atoms with van der Waals surface area (Å²) in [7, 11) is -1.96. The van der Waals surface area contributed by atoms with Gasteiger partial charge in [-0.05, 0) is 88.8 Å². The van der Waals surface area contributed by atoms with Crippen LogP contribution in [0.3, 0.4) is 0 Å². The first kappa shape index (κ1) is 27.6. The van der Waals surface area contributed by atoms with E-state index in [0.717, 1.165) is 69.1 Å². The van der Waals surface area contributed by atoms with Gasteiger partial charge in [0, 0.05) is 42.1 Å². The van der Waals surface area contributed by atoms with Crippen molar-refractivity contribution in [2.45, 2.75) is 13.2 Å². The average Bonchev–Trinajstić information content (AvgIpc) is 3.42. The molecule has 41 heavy (non-hydrogen) atoms. The van der Waals surface area contributed by atoms with Crippen molar-refractivity contribution in [3.63, 3.8) is 0 Å². The number of halogens is 2. The van der Waals surface area contributed by atoms with Crippen molar-refractivity contribution in [2.24, 2.45) is 0 Å². The van der Waals surface area contributed by atoms with Gasteiger partial charge in [0.15, 0.2) is 0 Å². The number of rotatable bonds is 8. The van der Waals surface area contributed by atoms with Crippen molar-refractivity contribution in [3.05, 3.63) is 101 Å². The highest BCUT2D eigenvalue weighted by Crippen LogP contribution is 2.43. The molecule has 1 aliphatic rings. The second kappa shape index (κ2) is 11.8. The Bertz CT molecular complexity index is 1750. The number of nitrogens with one attached hydrogen (secondary N) is 1. The molecule has 0 radical (unpaired) electrons. The summed E-state index contributed by atoms with van der Waals surface area (Å²) in [5.41, 5.74) is 3.31. The fourth-order valence-electron chi connectivity index (χ4n) is 4.86. The first-order valence-electron chi connectivity index (χ1n) is 13.4. The van der Waals surface area contributed by atoms with Gasteiger partial charge in [0.2, 0.25) is 0 Å². The molecular formula is C31H29BrFN4O3P. The molecule has 0 atom stereocenters. The third-order valence-corrected chi connectivity index (χ3v) is 10.1. The maximum atomic E-state index is 13.5. The molecule has 10 heteroatoms. The summed E-state index contributed by atoms with van der Waals surface area (Å²) in [6, 6.07) is 22.0. The average molecular weight is 635 g/mol. The fraction of sp³-hybridized carbons (Fsp3) is 0.226. The van der Waals surface area contributed by atoms with Gasteiger partial charge in [0.1, 0.15) is 41.8 Å². The standard InChI is InChI=1S/C31H29BrFN4O3P/c1-41(38)13-11-37(12-14-41)18-25-7-10-29(40-25)22-5-8-28-26(16-22)31(35-20-34-28)36-24-6-9-30(27(32)17-24)39-19-21-3-2-4-23(33)15-21/h2-10,15-17,20H,11-14,18-19H2,1H3,(H,34,35,36). The fourth-order valence-corrected chi connectivity index (χ4v) is 6.98. The van der Waals surface area contributed by atoms with Crippen LogP contribution in [0.2, 0.25) is 0 Å². The SMILES string of the molecule is CP1(=O)CCN(Cc2ccc(-c3ccc4ncnc(Nc5ccc(OCc6cccc(F)c6)c(Br)c5)c4c3)o2)CC1. The Labute approximate surface area is 246 Å². The number of ether oxygens (including phenoxy) is 1. The molecule has 1 aliphatic heterocycles. The van der Waals surface area contributed by atoms with Gasteiger partial charge in [-0.2, -0.15) is 0 Å². The molecule has 0 saturated carbocycles. The summed E-state index contributed by atoms with van der Waals surface area (Å²) in [6.07, 6.45) is 3.07. The highest BCUT2D eigenvalue weighted by atomic mass is 79.9. The van der Waals surface area contributed by atoms with Crippen molar-refractivity contribution in [1.29, 1.82) is 0 Å². The Kier molecular flexibility index (Phi) is 7.93. The molecule has 1 saturated heterocycles. The third-order valence-electron chi connectivity index (χ3n) is 7.22. The van der Waals surface area contributed by atoms with Crippen LogP contribution in [0.5, 0.6) is 5.75 Å². The second-order valence-corrected chi connectivity index (χ2v) is 14.8. The van der Waals surface area contributed by atoms with Crippen LogP contribution in [0.15, 0.2) is 88.0 Å². The van der Waals surface area contributed by atoms with Gasteiger partial charge >= 0.3 is 0 Å². The topological polar surface area (TPSA) is 80.5 Å². The van der Waals surface area contributed by atoms with Crippen LogP contribution < -0.4 is 10.1 Å². The lowest BCUT2D eigenvalue weighted by Gasteiger charge is -2.29. The summed E-state index contributed by atoms with van der Waals surface area (Å²) >= 11 is 3.58. The van der Waals surface area contributed by atoms with Crippen molar-refractivity contribution in [3.8, 4) is 17.1 Å². The summed E-state index contributed by atoms with van der Waals surface area (Å²) in [5, 5.41) is 4.26. The predicted molar refractivity (Wildman–Crippen MR) is 164 cm³/mol. The molecule has 0 amide bonds. The van der Waals surface area contributed by atoms with Crippen LogP contribution in [0.25, 0.3) is 22.2 Å². The molecule has 0 spiro atoms. The number of nitrogens with zero attached hydrogens (tertiary/aromatic N) is 3. The molecular weight excluding hydrogens is 606 g/mol. The minimum Gasteiger partial charge on any atom is -0.488 e. The highest BCUT2D eigenvalue weighted by molar-refractivity contribution is 9.10. The Hall–Kier alpha value is -3.52. The smallest absolute Gasteiger partial charge is 0.141 e. The van der Waals surface area contributed by atoms with Gasteiger partial charge in [-0.25, -0.2) is 14.4 Å². The van der Waals surface area contributed by atoms with E-state index in [0.29, 0.717) is 18.1 Å². The Morgan fingerprint density at radius 2 is 1.90 bits per heavy atom. The molecule has 3 heterocycles. The first-order chi connectivity index (χ1) is 19.8. The molecule has 1 fully saturated rings. The van der Waals surface area contributed by atoms with E-state index < -0.39 is 7.14 Å². The lowest BCUT2D eigenvalue weighted by Crippen LogP contribution is -2.33. The van der Waals surface area contributed by atoms with Gasteiger partial charge in [-0.15, -0.1) is 0 Å². The summed E-state index contributed by atoms with van der Waals surface area (Å²) in [5.74, 6) is 2.69. The zero-order valence-corrected chi connectivity index (χ0v) is 25.0. The Balaban J connectivity index is 1.17. The summed E-state index contributed by atoms with van der Waals surface area (Å²) in [6.45, 7) is 4.54. The zero-order chi connectivity index (χ0) is 28.4. The maximum absolute atomic E-state index is 13.5. The van der Waals surface area contributed by atoms with E-state index in [4.69, 9.17) is 9.15 Å². The van der Waals surface area contributed by atoms with Crippen molar-refractivity contribution in [1.82, 2.24) is 14.9 Å². The number of fused-ring (bicyclic) bond motifs is 1. The number of aromatic nitrogens is 2. The van der Waals surface area contributed by atoms with Crippen LogP contribution in [0.1, 0.15) is 11.3 Å². The van der Waals surface area contributed by atoms with E-state index in [1.165, 1.54) is 18.5 Å². The largest absolute Gasteiger partial charge is 0.488 e. The lowest BCUT2D eigenvalue weighted by molar-refractivity contribution is 0.263. The van der Waals surface area contributed by atoms with E-state index in [2.05, 4.69) is 36.1 Å². The van der Waals surface area contributed by atoms with Crippen molar-refractivity contribution >= 4 is 45.5 Å². The quantitative estimate of drug-likeness (QED) is 0.174. The minimum absolute atomic E-state index is 0.260. The van der Waals surface area contributed by atoms with E-state index in [9.17, 15) is 8.96 Å². The van der Waals surface area contributed by atoms with Gasteiger partial charge in [0.05, 0.1) is 23.7 Å². The number of anilines is 2. The van der Waals surface area contributed by atoms with Crippen molar-refractivity contribution in [2.75, 3.05) is 37.4 Å². The zero-order valence-electron chi connectivity index (χ0n) is 22.5. The van der Waals surface area contributed by atoms with Gasteiger partial charge in [-0.3, -0.25) is 4.90 Å². The number of hydrogen-bond acceptors (Lipinski definition) is 7. The normalized spacial score (nSPS) is 15.2. The molecule has 1 N–H and O–H groups in total. The summed E-state index contributed by atoms with van der Waals surface area (Å²) < 4.78 is 38.6. The van der Waals surface area contributed by atoms with E-state index in [1.807, 2.05) is 61.3 Å². The predicted octanol–water partition coefficient (Wildman–Crippen LogP) is 7.92. The van der Waals surface area contributed by atoms with Crippen LogP contribution in [-0.4, -0.2) is 46.9 Å².